The Morgan fingerprint density at radius 2 is 1.73 bits per heavy atom. The third kappa shape index (κ3) is 5.54. The van der Waals surface area contributed by atoms with E-state index in [-0.39, 0.29) is 12.6 Å². The maximum atomic E-state index is 12.1. The van der Waals surface area contributed by atoms with E-state index in [1.54, 1.807) is 6.08 Å². The molecule has 1 heterocycles. The van der Waals surface area contributed by atoms with E-state index in [0.29, 0.717) is 5.69 Å². The molecular weight excluding hydrogens is 378 g/mol. The van der Waals surface area contributed by atoms with Gasteiger partial charge in [0.1, 0.15) is 12.2 Å². The minimum Gasteiger partial charge on any atom is -0.459 e. The van der Waals surface area contributed by atoms with Gasteiger partial charge in [0.2, 0.25) is 0 Å². The summed E-state index contributed by atoms with van der Waals surface area (Å²) in [6.45, 7) is 6.96. The van der Waals surface area contributed by atoms with Crippen LogP contribution in [0.15, 0.2) is 60.7 Å². The Morgan fingerprint density at radius 3 is 2.47 bits per heavy atom. The number of carbonyl (C=O) groups is 2. The van der Waals surface area contributed by atoms with Crippen LogP contribution < -0.4 is 0 Å². The van der Waals surface area contributed by atoms with Gasteiger partial charge in [-0.3, -0.25) is 4.79 Å². The van der Waals surface area contributed by atoms with E-state index in [0.717, 1.165) is 27.6 Å². The zero-order valence-corrected chi connectivity index (χ0v) is 17.6. The van der Waals surface area contributed by atoms with Gasteiger partial charge in [-0.1, -0.05) is 48.5 Å². The molecule has 0 saturated carbocycles. The van der Waals surface area contributed by atoms with Gasteiger partial charge >= 0.3 is 11.9 Å². The summed E-state index contributed by atoms with van der Waals surface area (Å²) < 4.78 is 10.6. The van der Waals surface area contributed by atoms with Crippen LogP contribution in [0.25, 0.3) is 28.1 Å². The summed E-state index contributed by atoms with van der Waals surface area (Å²) in [6.07, 6.45) is 3.15. The number of ether oxygens (including phenoxy) is 2. The van der Waals surface area contributed by atoms with Crippen molar-refractivity contribution in [2.24, 2.45) is 0 Å². The fraction of sp³-hybridized carbons (Fsp3) is 0.240. The number of benzene rings is 2. The van der Waals surface area contributed by atoms with Gasteiger partial charge in [-0.05, 0) is 43.9 Å². The zero-order valence-electron chi connectivity index (χ0n) is 17.6. The van der Waals surface area contributed by atoms with Crippen molar-refractivity contribution in [1.29, 1.82) is 0 Å². The second-order valence-electron chi connectivity index (χ2n) is 7.91. The smallest absolute Gasteiger partial charge is 0.331 e. The molecule has 0 unspecified atom stereocenters. The normalized spacial score (nSPS) is 11.6. The summed E-state index contributed by atoms with van der Waals surface area (Å²) in [4.78, 5) is 28.2. The Hall–Kier alpha value is -3.47. The van der Waals surface area contributed by atoms with Crippen molar-refractivity contribution in [3.8, 4) is 11.3 Å². The molecule has 0 radical (unpaired) electrons. The molecule has 5 nitrogen and oxygen atoms in total. The van der Waals surface area contributed by atoms with Crippen LogP contribution in [-0.4, -0.2) is 22.5 Å². The van der Waals surface area contributed by atoms with E-state index in [1.807, 2.05) is 75.4 Å². The molecule has 5 heteroatoms. The predicted octanol–water partition coefficient (Wildman–Crippen LogP) is 5.32. The van der Waals surface area contributed by atoms with E-state index < -0.39 is 11.6 Å². The summed E-state index contributed by atoms with van der Waals surface area (Å²) in [5.41, 5.74) is 2.58. The van der Waals surface area contributed by atoms with Gasteiger partial charge in [0.05, 0.1) is 11.4 Å². The maximum Gasteiger partial charge on any atom is 0.331 e. The fourth-order valence-electron chi connectivity index (χ4n) is 3.06. The van der Waals surface area contributed by atoms with Crippen LogP contribution in [0.5, 0.6) is 0 Å². The van der Waals surface area contributed by atoms with Crippen LogP contribution in [0, 0.1) is 0 Å². The summed E-state index contributed by atoms with van der Waals surface area (Å²) in [5.74, 6) is -0.758. The lowest BCUT2D eigenvalue weighted by molar-refractivity contribution is -0.148. The highest BCUT2D eigenvalue weighted by Crippen LogP contribution is 2.28. The molecule has 0 amide bonds. The second-order valence-corrected chi connectivity index (χ2v) is 7.91. The SMILES string of the molecule is CC(=O)OCc1nc(-c2ccccc2/C=C/C(=O)OC(C)(C)C)cc2ccccc12. The molecule has 0 atom stereocenters. The molecule has 30 heavy (non-hydrogen) atoms. The molecule has 0 aliphatic rings. The second kappa shape index (κ2) is 8.91. The number of hydrogen-bond donors (Lipinski definition) is 0. The highest BCUT2D eigenvalue weighted by Gasteiger charge is 2.15. The summed E-state index contributed by atoms with van der Waals surface area (Å²) in [6, 6.07) is 17.5. The van der Waals surface area contributed by atoms with Crippen LogP contribution in [0.4, 0.5) is 0 Å². The minimum absolute atomic E-state index is 0.0968. The Bertz CT molecular complexity index is 1110. The van der Waals surface area contributed by atoms with Crippen LogP contribution in [0.2, 0.25) is 0 Å². The topological polar surface area (TPSA) is 65.5 Å². The molecule has 154 valence electrons. The zero-order chi connectivity index (χ0) is 21.7. The number of rotatable bonds is 5. The third-order valence-corrected chi connectivity index (χ3v) is 4.27. The first kappa shape index (κ1) is 21.2. The number of hydrogen-bond acceptors (Lipinski definition) is 5. The number of pyridine rings is 1. The Labute approximate surface area is 176 Å². The molecule has 2 aromatic carbocycles. The quantitative estimate of drug-likeness (QED) is 0.426. The van der Waals surface area contributed by atoms with E-state index in [2.05, 4.69) is 0 Å². The summed E-state index contributed by atoms with van der Waals surface area (Å²) >= 11 is 0. The van der Waals surface area contributed by atoms with Gasteiger partial charge in [-0.2, -0.15) is 0 Å². The van der Waals surface area contributed by atoms with E-state index in [1.165, 1.54) is 13.0 Å². The minimum atomic E-state index is -0.549. The van der Waals surface area contributed by atoms with Gasteiger partial charge < -0.3 is 9.47 Å². The van der Waals surface area contributed by atoms with Crippen LogP contribution in [0.3, 0.4) is 0 Å². The highest BCUT2D eigenvalue weighted by molar-refractivity contribution is 5.91. The molecule has 0 saturated heterocycles. The lowest BCUT2D eigenvalue weighted by atomic mass is 10.0. The van der Waals surface area contributed by atoms with E-state index in [4.69, 9.17) is 14.5 Å². The van der Waals surface area contributed by atoms with Crippen molar-refractivity contribution in [3.63, 3.8) is 0 Å². The predicted molar refractivity (Wildman–Crippen MR) is 118 cm³/mol. The third-order valence-electron chi connectivity index (χ3n) is 4.27. The molecule has 0 spiro atoms. The highest BCUT2D eigenvalue weighted by atomic mass is 16.6. The Balaban J connectivity index is 2.02. The van der Waals surface area contributed by atoms with Gasteiger partial charge in [-0.25, -0.2) is 9.78 Å². The molecule has 0 aliphatic heterocycles. The molecule has 0 fully saturated rings. The van der Waals surface area contributed by atoms with Gasteiger partial charge in [-0.15, -0.1) is 0 Å². The lowest BCUT2D eigenvalue weighted by Gasteiger charge is -2.18. The first-order valence-electron chi connectivity index (χ1n) is 9.75. The largest absolute Gasteiger partial charge is 0.459 e. The van der Waals surface area contributed by atoms with Crippen molar-refractivity contribution in [3.05, 3.63) is 71.9 Å². The average molecular weight is 403 g/mol. The van der Waals surface area contributed by atoms with Crippen molar-refractivity contribution in [2.75, 3.05) is 0 Å². The van der Waals surface area contributed by atoms with Crippen LogP contribution in [0.1, 0.15) is 39.0 Å². The van der Waals surface area contributed by atoms with Crippen molar-refractivity contribution >= 4 is 28.8 Å². The standard InChI is InChI=1S/C25H25NO4/c1-17(27)29-16-23-21-12-8-6-10-19(21)15-22(26-23)20-11-7-5-9-18(20)13-14-24(28)30-25(2,3)4/h5-15H,16H2,1-4H3/b14-13+. The lowest BCUT2D eigenvalue weighted by Crippen LogP contribution is -2.22. The van der Waals surface area contributed by atoms with Crippen LogP contribution >= 0.6 is 0 Å². The summed E-state index contributed by atoms with van der Waals surface area (Å²) in [7, 11) is 0. The molecule has 0 aliphatic carbocycles. The van der Waals surface area contributed by atoms with Gasteiger partial charge in [0, 0.05) is 23.9 Å². The first-order chi connectivity index (χ1) is 14.2. The Kier molecular flexibility index (Phi) is 6.31. The fourth-order valence-corrected chi connectivity index (χ4v) is 3.06. The Morgan fingerprint density at radius 1 is 1.03 bits per heavy atom. The number of fused-ring (bicyclic) bond motifs is 1. The van der Waals surface area contributed by atoms with Crippen molar-refractivity contribution < 1.29 is 19.1 Å². The molecule has 0 bridgehead atoms. The van der Waals surface area contributed by atoms with Crippen LogP contribution in [-0.2, 0) is 25.7 Å². The molecular formula is C25H25NO4. The van der Waals surface area contributed by atoms with Crippen molar-refractivity contribution in [1.82, 2.24) is 4.98 Å². The average Bonchev–Trinajstić information content (AvgIpc) is 2.69. The number of nitrogens with zero attached hydrogens (tertiary/aromatic N) is 1. The summed E-state index contributed by atoms with van der Waals surface area (Å²) in [5, 5.41) is 1.93. The van der Waals surface area contributed by atoms with Gasteiger partial charge in [0.25, 0.3) is 0 Å². The van der Waals surface area contributed by atoms with E-state index >= 15 is 0 Å². The first-order valence-corrected chi connectivity index (χ1v) is 9.75. The van der Waals surface area contributed by atoms with Gasteiger partial charge in [0.15, 0.2) is 0 Å². The molecule has 3 rings (SSSR count). The molecule has 1 aromatic heterocycles. The number of carbonyl (C=O) groups excluding carboxylic acids is 2. The monoisotopic (exact) mass is 403 g/mol. The van der Waals surface area contributed by atoms with E-state index in [9.17, 15) is 9.59 Å². The number of esters is 2. The van der Waals surface area contributed by atoms with Crippen molar-refractivity contribution in [2.45, 2.75) is 39.9 Å². The molecule has 0 N–H and O–H groups in total. The maximum absolute atomic E-state index is 12.1. The number of aromatic nitrogens is 1. The molecule has 3 aromatic rings.